The van der Waals surface area contributed by atoms with Crippen molar-refractivity contribution in [3.8, 4) is 6.07 Å². The van der Waals surface area contributed by atoms with Crippen molar-refractivity contribution in [2.24, 2.45) is 7.05 Å². The fourth-order valence-electron chi connectivity index (χ4n) is 2.34. The molecule has 0 atom stereocenters. The Morgan fingerprint density at radius 3 is 2.62 bits per heavy atom. The van der Waals surface area contributed by atoms with Gasteiger partial charge in [-0.2, -0.15) is 5.26 Å². The van der Waals surface area contributed by atoms with Crippen LogP contribution < -0.4 is 4.90 Å². The van der Waals surface area contributed by atoms with Gasteiger partial charge in [0.25, 0.3) is 0 Å². The quantitative estimate of drug-likeness (QED) is 0.810. The van der Waals surface area contributed by atoms with E-state index < -0.39 is 0 Å². The summed E-state index contributed by atoms with van der Waals surface area (Å²) in [5, 5.41) is 8.94. The SMILES string of the molecule is Cc1cc(C(=O)CN(C)c2cccc(C#N)c2)c(C)n1C. The van der Waals surface area contributed by atoms with Crippen molar-refractivity contribution in [3.63, 3.8) is 0 Å². The van der Waals surface area contributed by atoms with Crippen molar-refractivity contribution in [1.29, 1.82) is 5.26 Å². The van der Waals surface area contributed by atoms with Crippen LogP contribution in [0.15, 0.2) is 30.3 Å². The smallest absolute Gasteiger partial charge is 0.183 e. The minimum atomic E-state index is 0.0843. The van der Waals surface area contributed by atoms with E-state index in [-0.39, 0.29) is 5.78 Å². The number of rotatable bonds is 4. The number of carbonyl (C=O) groups excluding carboxylic acids is 1. The Morgan fingerprint density at radius 1 is 1.33 bits per heavy atom. The molecule has 0 unspecified atom stereocenters. The predicted molar refractivity (Wildman–Crippen MR) is 83.6 cm³/mol. The van der Waals surface area contributed by atoms with E-state index in [9.17, 15) is 4.79 Å². The number of likely N-dealkylation sites (N-methyl/N-ethyl adjacent to an activating group) is 1. The van der Waals surface area contributed by atoms with Crippen molar-refractivity contribution >= 4 is 11.5 Å². The predicted octanol–water partition coefficient (Wildman–Crippen LogP) is 2.83. The molecule has 0 amide bonds. The maximum absolute atomic E-state index is 12.4. The molecule has 0 aliphatic heterocycles. The van der Waals surface area contributed by atoms with Gasteiger partial charge in [0.05, 0.1) is 18.2 Å². The minimum absolute atomic E-state index is 0.0843. The molecule has 0 saturated carbocycles. The largest absolute Gasteiger partial charge is 0.367 e. The summed E-state index contributed by atoms with van der Waals surface area (Å²) in [4.78, 5) is 14.3. The van der Waals surface area contributed by atoms with Crippen molar-refractivity contribution in [2.45, 2.75) is 13.8 Å². The number of carbonyl (C=O) groups is 1. The highest BCUT2D eigenvalue weighted by Crippen LogP contribution is 2.17. The maximum Gasteiger partial charge on any atom is 0.183 e. The molecule has 0 radical (unpaired) electrons. The maximum atomic E-state index is 12.4. The zero-order chi connectivity index (χ0) is 15.6. The number of aryl methyl sites for hydroxylation is 1. The second-order valence-corrected chi connectivity index (χ2v) is 5.29. The molecule has 0 aliphatic carbocycles. The van der Waals surface area contributed by atoms with Crippen LogP contribution in [0.3, 0.4) is 0 Å². The lowest BCUT2D eigenvalue weighted by Gasteiger charge is -2.18. The van der Waals surface area contributed by atoms with Gasteiger partial charge in [0.2, 0.25) is 0 Å². The summed E-state index contributed by atoms with van der Waals surface area (Å²) in [5.74, 6) is 0.0843. The third-order valence-electron chi connectivity index (χ3n) is 3.87. The first-order valence-electron chi connectivity index (χ1n) is 6.81. The normalized spacial score (nSPS) is 10.2. The van der Waals surface area contributed by atoms with Crippen LogP contribution in [0.5, 0.6) is 0 Å². The molecule has 0 saturated heterocycles. The second kappa shape index (κ2) is 5.84. The zero-order valence-corrected chi connectivity index (χ0v) is 12.8. The lowest BCUT2D eigenvalue weighted by atomic mass is 10.1. The second-order valence-electron chi connectivity index (χ2n) is 5.29. The number of benzene rings is 1. The van der Waals surface area contributed by atoms with Crippen LogP contribution in [0.2, 0.25) is 0 Å². The van der Waals surface area contributed by atoms with Gasteiger partial charge in [-0.3, -0.25) is 4.79 Å². The number of hydrogen-bond donors (Lipinski definition) is 0. The molecule has 4 nitrogen and oxygen atoms in total. The lowest BCUT2D eigenvalue weighted by Crippen LogP contribution is -2.26. The summed E-state index contributed by atoms with van der Waals surface area (Å²) in [6, 6.07) is 11.3. The summed E-state index contributed by atoms with van der Waals surface area (Å²) < 4.78 is 2.02. The number of anilines is 1. The van der Waals surface area contributed by atoms with Gasteiger partial charge in [0.15, 0.2) is 5.78 Å². The monoisotopic (exact) mass is 281 g/mol. The van der Waals surface area contributed by atoms with Crippen molar-refractivity contribution in [3.05, 3.63) is 52.8 Å². The Bertz CT molecular complexity index is 722. The molecule has 1 aromatic carbocycles. The Morgan fingerprint density at radius 2 is 2.05 bits per heavy atom. The molecule has 0 aliphatic rings. The summed E-state index contributed by atoms with van der Waals surface area (Å²) in [6.45, 7) is 4.24. The number of aromatic nitrogens is 1. The van der Waals surface area contributed by atoms with Crippen LogP contribution in [0.4, 0.5) is 5.69 Å². The summed E-state index contributed by atoms with van der Waals surface area (Å²) in [6.07, 6.45) is 0. The zero-order valence-electron chi connectivity index (χ0n) is 12.8. The van der Waals surface area contributed by atoms with Crippen LogP contribution >= 0.6 is 0 Å². The fraction of sp³-hybridized carbons (Fsp3) is 0.294. The first-order chi connectivity index (χ1) is 9.93. The van der Waals surface area contributed by atoms with E-state index in [0.29, 0.717) is 12.1 Å². The summed E-state index contributed by atoms with van der Waals surface area (Å²) in [5.41, 5.74) is 4.28. The van der Waals surface area contributed by atoms with Gasteiger partial charge in [-0.15, -0.1) is 0 Å². The number of nitriles is 1. The van der Waals surface area contributed by atoms with Gasteiger partial charge in [0.1, 0.15) is 0 Å². The molecule has 108 valence electrons. The molecule has 4 heteroatoms. The van der Waals surface area contributed by atoms with Gasteiger partial charge in [-0.25, -0.2) is 0 Å². The molecule has 0 spiro atoms. The molecule has 21 heavy (non-hydrogen) atoms. The van der Waals surface area contributed by atoms with Crippen LogP contribution in [0.25, 0.3) is 0 Å². The van der Waals surface area contributed by atoms with Crippen molar-refractivity contribution in [2.75, 3.05) is 18.5 Å². The van der Waals surface area contributed by atoms with Crippen molar-refractivity contribution in [1.82, 2.24) is 4.57 Å². The van der Waals surface area contributed by atoms with E-state index in [0.717, 1.165) is 22.6 Å². The Kier molecular flexibility index (Phi) is 4.13. The minimum Gasteiger partial charge on any atom is -0.367 e. The average molecular weight is 281 g/mol. The van der Waals surface area contributed by atoms with Crippen LogP contribution in [0.1, 0.15) is 27.3 Å². The third kappa shape index (κ3) is 2.97. The van der Waals surface area contributed by atoms with Crippen LogP contribution in [-0.4, -0.2) is 23.9 Å². The number of hydrogen-bond acceptors (Lipinski definition) is 3. The van der Waals surface area contributed by atoms with E-state index in [4.69, 9.17) is 5.26 Å². The molecule has 1 aromatic heterocycles. The summed E-state index contributed by atoms with van der Waals surface area (Å²) >= 11 is 0. The fourth-order valence-corrected chi connectivity index (χ4v) is 2.34. The third-order valence-corrected chi connectivity index (χ3v) is 3.87. The Labute approximate surface area is 125 Å². The number of nitrogens with zero attached hydrogens (tertiary/aromatic N) is 3. The van der Waals surface area contributed by atoms with Crippen LogP contribution in [0, 0.1) is 25.2 Å². The first-order valence-corrected chi connectivity index (χ1v) is 6.81. The Balaban J connectivity index is 2.19. The highest BCUT2D eigenvalue weighted by molar-refractivity contribution is 6.00. The van der Waals surface area contributed by atoms with E-state index in [1.807, 2.05) is 55.6 Å². The molecule has 0 N–H and O–H groups in total. The van der Waals surface area contributed by atoms with E-state index in [1.165, 1.54) is 0 Å². The topological polar surface area (TPSA) is 49.0 Å². The van der Waals surface area contributed by atoms with Gasteiger partial charge >= 0.3 is 0 Å². The Hall–Kier alpha value is -2.54. The molecular weight excluding hydrogens is 262 g/mol. The molecule has 0 fully saturated rings. The van der Waals surface area contributed by atoms with Crippen LogP contribution in [-0.2, 0) is 7.05 Å². The lowest BCUT2D eigenvalue weighted by molar-refractivity contribution is 0.0999. The summed E-state index contributed by atoms with van der Waals surface area (Å²) in [7, 11) is 3.82. The molecular formula is C17H19N3O. The van der Waals surface area contributed by atoms with E-state index in [1.54, 1.807) is 12.1 Å². The average Bonchev–Trinajstić information content (AvgIpc) is 2.75. The van der Waals surface area contributed by atoms with Gasteiger partial charge in [0, 0.05) is 36.7 Å². The standard InChI is InChI=1S/C17H19N3O/c1-12-8-16(13(2)20(12)4)17(21)11-19(3)15-7-5-6-14(9-15)10-18/h5-9H,11H2,1-4H3. The number of ketones is 1. The van der Waals surface area contributed by atoms with E-state index in [2.05, 4.69) is 6.07 Å². The molecule has 1 heterocycles. The molecule has 0 bridgehead atoms. The molecule has 2 rings (SSSR count). The highest BCUT2D eigenvalue weighted by Gasteiger charge is 2.16. The van der Waals surface area contributed by atoms with Gasteiger partial charge in [-0.05, 0) is 38.1 Å². The van der Waals surface area contributed by atoms with Gasteiger partial charge < -0.3 is 9.47 Å². The molecule has 2 aromatic rings. The highest BCUT2D eigenvalue weighted by atomic mass is 16.1. The first kappa shape index (κ1) is 14.9. The van der Waals surface area contributed by atoms with Crippen molar-refractivity contribution < 1.29 is 4.79 Å². The van der Waals surface area contributed by atoms with E-state index >= 15 is 0 Å². The number of Topliss-reactive ketones (excluding diaryl/α,β-unsaturated/α-hetero) is 1. The van der Waals surface area contributed by atoms with Gasteiger partial charge in [-0.1, -0.05) is 6.07 Å².